The lowest BCUT2D eigenvalue weighted by molar-refractivity contribution is 0.257. The fraction of sp³-hybridized carbons (Fsp3) is 0.400. The summed E-state index contributed by atoms with van der Waals surface area (Å²) < 4.78 is 16.5. The summed E-state index contributed by atoms with van der Waals surface area (Å²) >= 11 is 0. The number of hydrogen-bond donors (Lipinski definition) is 1. The molecule has 0 saturated carbocycles. The summed E-state index contributed by atoms with van der Waals surface area (Å²) in [5, 5.41) is 0. The van der Waals surface area contributed by atoms with Crippen molar-refractivity contribution >= 4 is 0 Å². The smallest absolute Gasteiger partial charge is 0.226 e. The first-order valence-corrected chi connectivity index (χ1v) is 6.59. The highest BCUT2D eigenvalue weighted by molar-refractivity contribution is 5.60. The van der Waals surface area contributed by atoms with Crippen molar-refractivity contribution in [2.24, 2.45) is 11.7 Å². The maximum atomic E-state index is 5.77. The quantitative estimate of drug-likeness (QED) is 0.878. The van der Waals surface area contributed by atoms with Crippen LogP contribution in [0, 0.1) is 5.92 Å². The molecule has 0 atom stereocenters. The van der Waals surface area contributed by atoms with Crippen LogP contribution in [0.2, 0.25) is 0 Å². The summed E-state index contributed by atoms with van der Waals surface area (Å²) in [6.07, 6.45) is 1.56. The third-order valence-electron chi connectivity index (χ3n) is 2.74. The summed E-state index contributed by atoms with van der Waals surface area (Å²) in [5.41, 5.74) is 7.09. The van der Waals surface area contributed by atoms with Crippen molar-refractivity contribution in [2.45, 2.75) is 20.4 Å². The van der Waals surface area contributed by atoms with Gasteiger partial charge in [-0.3, -0.25) is 0 Å². The van der Waals surface area contributed by atoms with Crippen LogP contribution in [-0.4, -0.2) is 18.7 Å². The van der Waals surface area contributed by atoms with Crippen LogP contribution in [0.5, 0.6) is 11.5 Å². The second kappa shape index (κ2) is 6.43. The zero-order valence-corrected chi connectivity index (χ0v) is 12.1. The van der Waals surface area contributed by atoms with Gasteiger partial charge < -0.3 is 19.6 Å². The van der Waals surface area contributed by atoms with E-state index in [1.54, 1.807) is 13.4 Å². The molecule has 0 radical (unpaired) electrons. The number of ether oxygens (including phenoxy) is 2. The number of nitrogens with two attached hydrogens (primary N) is 1. The Kier molecular flexibility index (Phi) is 4.63. The van der Waals surface area contributed by atoms with Gasteiger partial charge in [0.1, 0.15) is 6.26 Å². The molecular formula is C15H20N2O3. The Hall–Kier alpha value is -2.01. The van der Waals surface area contributed by atoms with Gasteiger partial charge in [0.25, 0.3) is 0 Å². The minimum absolute atomic E-state index is 0.358. The predicted molar refractivity (Wildman–Crippen MR) is 76.7 cm³/mol. The first-order valence-electron chi connectivity index (χ1n) is 6.59. The van der Waals surface area contributed by atoms with Gasteiger partial charge in [-0.15, -0.1) is 0 Å². The fourth-order valence-corrected chi connectivity index (χ4v) is 1.71. The summed E-state index contributed by atoms with van der Waals surface area (Å²) in [4.78, 5) is 4.30. The minimum Gasteiger partial charge on any atom is -0.493 e. The van der Waals surface area contributed by atoms with Crippen LogP contribution < -0.4 is 15.2 Å². The van der Waals surface area contributed by atoms with E-state index < -0.39 is 0 Å². The van der Waals surface area contributed by atoms with E-state index in [0.29, 0.717) is 36.5 Å². The largest absolute Gasteiger partial charge is 0.493 e. The van der Waals surface area contributed by atoms with Crippen molar-refractivity contribution < 1.29 is 13.9 Å². The van der Waals surface area contributed by atoms with Gasteiger partial charge >= 0.3 is 0 Å². The Balaban J connectivity index is 2.28. The third kappa shape index (κ3) is 3.30. The molecule has 5 heteroatoms. The Bertz CT molecular complexity index is 564. The van der Waals surface area contributed by atoms with Gasteiger partial charge in [0.05, 0.1) is 19.4 Å². The van der Waals surface area contributed by atoms with Gasteiger partial charge in [-0.05, 0) is 24.1 Å². The molecule has 108 valence electrons. The van der Waals surface area contributed by atoms with Crippen molar-refractivity contribution in [2.75, 3.05) is 13.7 Å². The molecule has 1 heterocycles. The summed E-state index contributed by atoms with van der Waals surface area (Å²) in [7, 11) is 1.62. The topological polar surface area (TPSA) is 70.5 Å². The molecule has 0 unspecified atom stereocenters. The molecule has 2 aromatic rings. The molecule has 1 aromatic heterocycles. The zero-order chi connectivity index (χ0) is 14.5. The highest BCUT2D eigenvalue weighted by Gasteiger charge is 2.11. The molecule has 0 bridgehead atoms. The molecule has 0 aliphatic rings. The van der Waals surface area contributed by atoms with Crippen LogP contribution in [-0.2, 0) is 6.54 Å². The fourth-order valence-electron chi connectivity index (χ4n) is 1.71. The number of aromatic nitrogens is 1. The van der Waals surface area contributed by atoms with Gasteiger partial charge in [0.2, 0.25) is 5.89 Å². The number of hydrogen-bond acceptors (Lipinski definition) is 5. The van der Waals surface area contributed by atoms with E-state index in [0.717, 1.165) is 11.3 Å². The van der Waals surface area contributed by atoms with E-state index >= 15 is 0 Å². The molecule has 2 rings (SSSR count). The van der Waals surface area contributed by atoms with E-state index in [-0.39, 0.29) is 0 Å². The summed E-state index contributed by atoms with van der Waals surface area (Å²) in [5.74, 6) is 2.35. The molecule has 0 aliphatic heterocycles. The van der Waals surface area contributed by atoms with Crippen LogP contribution in [0.4, 0.5) is 0 Å². The Labute approximate surface area is 118 Å². The number of rotatable bonds is 6. The standard InChI is InChI=1S/C15H20N2O3/c1-10(2)8-19-14-6-11(4-5-13(14)18-3)15-17-12(7-16)9-20-15/h4-6,9-10H,7-8,16H2,1-3H3. The van der Waals surface area contributed by atoms with Crippen molar-refractivity contribution in [3.63, 3.8) is 0 Å². The van der Waals surface area contributed by atoms with Crippen molar-refractivity contribution in [1.29, 1.82) is 0 Å². The lowest BCUT2D eigenvalue weighted by Gasteiger charge is -2.13. The van der Waals surface area contributed by atoms with E-state index in [2.05, 4.69) is 18.8 Å². The van der Waals surface area contributed by atoms with Crippen LogP contribution >= 0.6 is 0 Å². The minimum atomic E-state index is 0.358. The lowest BCUT2D eigenvalue weighted by Crippen LogP contribution is -2.05. The van der Waals surface area contributed by atoms with E-state index in [4.69, 9.17) is 19.6 Å². The molecule has 0 saturated heterocycles. The predicted octanol–water partition coefficient (Wildman–Crippen LogP) is 2.84. The first-order chi connectivity index (χ1) is 9.63. The highest BCUT2D eigenvalue weighted by Crippen LogP contribution is 2.32. The molecular weight excluding hydrogens is 256 g/mol. The van der Waals surface area contributed by atoms with E-state index in [1.807, 2.05) is 18.2 Å². The van der Waals surface area contributed by atoms with Gasteiger partial charge in [-0.25, -0.2) is 4.98 Å². The van der Waals surface area contributed by atoms with Crippen LogP contribution in [0.15, 0.2) is 28.9 Å². The number of oxazole rings is 1. The molecule has 1 aromatic carbocycles. The normalized spacial score (nSPS) is 10.8. The monoisotopic (exact) mass is 276 g/mol. The zero-order valence-electron chi connectivity index (χ0n) is 12.1. The van der Waals surface area contributed by atoms with Gasteiger partial charge in [0, 0.05) is 12.1 Å². The molecule has 5 nitrogen and oxygen atoms in total. The third-order valence-corrected chi connectivity index (χ3v) is 2.74. The molecule has 0 fully saturated rings. The highest BCUT2D eigenvalue weighted by atomic mass is 16.5. The van der Waals surface area contributed by atoms with Gasteiger partial charge in [0.15, 0.2) is 11.5 Å². The molecule has 0 amide bonds. The molecule has 2 N–H and O–H groups in total. The average Bonchev–Trinajstić information content (AvgIpc) is 2.93. The SMILES string of the molecule is COc1ccc(-c2nc(CN)co2)cc1OCC(C)C. The maximum absolute atomic E-state index is 5.77. The van der Waals surface area contributed by atoms with E-state index in [9.17, 15) is 0 Å². The summed E-state index contributed by atoms with van der Waals surface area (Å²) in [6.45, 7) is 5.17. The first kappa shape index (κ1) is 14.4. The van der Waals surface area contributed by atoms with Crippen LogP contribution in [0.25, 0.3) is 11.5 Å². The second-order valence-electron chi connectivity index (χ2n) is 4.92. The van der Waals surface area contributed by atoms with E-state index in [1.165, 1.54) is 0 Å². The number of benzene rings is 1. The number of nitrogens with zero attached hydrogens (tertiary/aromatic N) is 1. The number of methoxy groups -OCH3 is 1. The lowest BCUT2D eigenvalue weighted by atomic mass is 10.2. The Morgan fingerprint density at radius 3 is 2.70 bits per heavy atom. The molecule has 0 aliphatic carbocycles. The maximum Gasteiger partial charge on any atom is 0.226 e. The van der Waals surface area contributed by atoms with Crippen molar-refractivity contribution in [3.05, 3.63) is 30.2 Å². The van der Waals surface area contributed by atoms with Crippen LogP contribution in [0.1, 0.15) is 19.5 Å². The average molecular weight is 276 g/mol. The molecule has 0 spiro atoms. The van der Waals surface area contributed by atoms with Crippen LogP contribution in [0.3, 0.4) is 0 Å². The van der Waals surface area contributed by atoms with Gasteiger partial charge in [-0.1, -0.05) is 13.8 Å². The van der Waals surface area contributed by atoms with Gasteiger partial charge in [-0.2, -0.15) is 0 Å². The molecule has 20 heavy (non-hydrogen) atoms. The second-order valence-corrected chi connectivity index (χ2v) is 4.92. The summed E-state index contributed by atoms with van der Waals surface area (Å²) in [6, 6.07) is 5.60. The Morgan fingerprint density at radius 1 is 1.30 bits per heavy atom. The van der Waals surface area contributed by atoms with Crippen molar-refractivity contribution in [1.82, 2.24) is 4.98 Å². The Morgan fingerprint density at radius 2 is 2.10 bits per heavy atom. The van der Waals surface area contributed by atoms with Crippen molar-refractivity contribution in [3.8, 4) is 23.0 Å².